The zero-order chi connectivity index (χ0) is 13.0. The average molecular weight is 236 g/mol. The Balaban J connectivity index is 3.23. The topological polar surface area (TPSA) is 41.1 Å². The van der Waals surface area contributed by atoms with Crippen LogP contribution in [0.15, 0.2) is 0 Å². The Morgan fingerprint density at radius 2 is 1.88 bits per heavy atom. The monoisotopic (exact) mass is 236 g/mol. The molecule has 1 heterocycles. The Morgan fingerprint density at radius 1 is 1.24 bits per heavy atom. The second kappa shape index (κ2) is 5.84. The number of anilines is 2. The molecular weight excluding hydrogens is 212 g/mol. The number of aryl methyl sites for hydroxylation is 1. The van der Waals surface area contributed by atoms with Crippen LogP contribution in [0, 0.1) is 13.8 Å². The summed E-state index contributed by atoms with van der Waals surface area (Å²) in [6.45, 7) is 11.6. The van der Waals surface area contributed by atoms with Gasteiger partial charge in [-0.05, 0) is 34.1 Å². The Morgan fingerprint density at radius 3 is 2.35 bits per heavy atom. The van der Waals surface area contributed by atoms with E-state index in [-0.39, 0.29) is 0 Å². The summed E-state index contributed by atoms with van der Waals surface area (Å²) in [5.74, 6) is 2.80. The summed E-state index contributed by atoms with van der Waals surface area (Å²) in [4.78, 5) is 11.3. The minimum atomic E-state index is 0.498. The average Bonchev–Trinajstić information content (AvgIpc) is 2.33. The van der Waals surface area contributed by atoms with Crippen LogP contribution >= 0.6 is 0 Å². The van der Waals surface area contributed by atoms with E-state index in [1.54, 1.807) is 0 Å². The van der Waals surface area contributed by atoms with Gasteiger partial charge in [0, 0.05) is 25.2 Å². The molecular formula is C13H24N4. The number of hydrogen-bond acceptors (Lipinski definition) is 4. The Labute approximate surface area is 104 Å². The Bertz CT molecular complexity index is 376. The second-order valence-electron chi connectivity index (χ2n) is 4.36. The predicted molar refractivity (Wildman–Crippen MR) is 73.8 cm³/mol. The van der Waals surface area contributed by atoms with Gasteiger partial charge in [0.15, 0.2) is 0 Å². The molecule has 1 aromatic heterocycles. The lowest BCUT2D eigenvalue weighted by Gasteiger charge is -2.30. The van der Waals surface area contributed by atoms with Crippen molar-refractivity contribution in [3.05, 3.63) is 11.4 Å². The van der Waals surface area contributed by atoms with Gasteiger partial charge in [-0.3, -0.25) is 0 Å². The number of aromatic nitrogens is 2. The lowest BCUT2D eigenvalue weighted by atomic mass is 10.2. The molecule has 0 saturated heterocycles. The van der Waals surface area contributed by atoms with Crippen LogP contribution in [0.4, 0.5) is 11.6 Å². The molecule has 1 atom stereocenters. The van der Waals surface area contributed by atoms with E-state index in [1.165, 1.54) is 0 Å². The van der Waals surface area contributed by atoms with Gasteiger partial charge in [0.2, 0.25) is 0 Å². The summed E-state index contributed by atoms with van der Waals surface area (Å²) in [6, 6.07) is 0.498. The van der Waals surface area contributed by atoms with E-state index >= 15 is 0 Å². The molecule has 4 nitrogen and oxygen atoms in total. The highest BCUT2D eigenvalue weighted by molar-refractivity contribution is 5.58. The van der Waals surface area contributed by atoms with Gasteiger partial charge in [0.25, 0.3) is 0 Å². The smallest absolute Gasteiger partial charge is 0.137 e. The van der Waals surface area contributed by atoms with E-state index in [1.807, 2.05) is 14.0 Å². The first-order valence-corrected chi connectivity index (χ1v) is 6.34. The third kappa shape index (κ3) is 2.87. The van der Waals surface area contributed by atoms with Crippen molar-refractivity contribution in [3.63, 3.8) is 0 Å². The molecule has 4 heteroatoms. The molecule has 1 aromatic rings. The predicted octanol–water partition coefficient (Wildman–Crippen LogP) is 2.76. The third-order valence-corrected chi connectivity index (χ3v) is 3.20. The van der Waals surface area contributed by atoms with E-state index in [4.69, 9.17) is 0 Å². The molecule has 0 radical (unpaired) electrons. The first kappa shape index (κ1) is 13.7. The summed E-state index contributed by atoms with van der Waals surface area (Å²) in [6.07, 6.45) is 1.12. The normalized spacial score (nSPS) is 12.4. The molecule has 17 heavy (non-hydrogen) atoms. The molecule has 0 spiro atoms. The van der Waals surface area contributed by atoms with E-state index in [0.717, 1.165) is 36.0 Å². The van der Waals surface area contributed by atoms with Gasteiger partial charge in [0.1, 0.15) is 17.5 Å². The van der Waals surface area contributed by atoms with Crippen LogP contribution in [0.25, 0.3) is 0 Å². The van der Waals surface area contributed by atoms with Crippen LogP contribution in [0.3, 0.4) is 0 Å². The fourth-order valence-corrected chi connectivity index (χ4v) is 2.03. The first-order valence-electron chi connectivity index (χ1n) is 6.34. The summed E-state index contributed by atoms with van der Waals surface area (Å²) in [7, 11) is 1.90. The van der Waals surface area contributed by atoms with Crippen LogP contribution in [0.2, 0.25) is 0 Å². The standard InChI is InChI=1S/C13H24N4/c1-7-9(3)17(8-2)13-10(4)12(14-6)15-11(5)16-13/h9H,7-8H2,1-6H3,(H,14,15,16). The number of nitrogens with zero attached hydrogens (tertiary/aromatic N) is 3. The maximum Gasteiger partial charge on any atom is 0.137 e. The highest BCUT2D eigenvalue weighted by Gasteiger charge is 2.17. The molecule has 0 saturated carbocycles. The number of rotatable bonds is 5. The minimum absolute atomic E-state index is 0.498. The molecule has 1 rings (SSSR count). The SMILES string of the molecule is CCC(C)N(CC)c1nc(C)nc(NC)c1C. The zero-order valence-corrected chi connectivity index (χ0v) is 11.8. The zero-order valence-electron chi connectivity index (χ0n) is 11.8. The van der Waals surface area contributed by atoms with Gasteiger partial charge in [-0.15, -0.1) is 0 Å². The minimum Gasteiger partial charge on any atom is -0.373 e. The summed E-state index contributed by atoms with van der Waals surface area (Å²) >= 11 is 0. The van der Waals surface area contributed by atoms with Crippen LogP contribution in [0.1, 0.15) is 38.6 Å². The molecule has 1 unspecified atom stereocenters. The highest BCUT2D eigenvalue weighted by atomic mass is 15.2. The summed E-state index contributed by atoms with van der Waals surface area (Å²) in [5.41, 5.74) is 1.13. The van der Waals surface area contributed by atoms with Crippen molar-refractivity contribution in [2.24, 2.45) is 0 Å². The molecule has 0 bridgehead atoms. The van der Waals surface area contributed by atoms with Gasteiger partial charge in [-0.25, -0.2) is 9.97 Å². The van der Waals surface area contributed by atoms with Gasteiger partial charge < -0.3 is 10.2 Å². The number of nitrogens with one attached hydrogen (secondary N) is 1. The van der Waals surface area contributed by atoms with Crippen molar-refractivity contribution >= 4 is 11.6 Å². The van der Waals surface area contributed by atoms with Gasteiger partial charge in [-0.2, -0.15) is 0 Å². The first-order chi connectivity index (χ1) is 8.04. The maximum atomic E-state index is 4.60. The van der Waals surface area contributed by atoms with Crippen LogP contribution < -0.4 is 10.2 Å². The van der Waals surface area contributed by atoms with E-state index in [9.17, 15) is 0 Å². The van der Waals surface area contributed by atoms with Crippen LogP contribution in [-0.4, -0.2) is 29.6 Å². The molecule has 0 amide bonds. The lowest BCUT2D eigenvalue weighted by Crippen LogP contribution is -2.34. The molecule has 0 aliphatic rings. The molecule has 0 aromatic carbocycles. The highest BCUT2D eigenvalue weighted by Crippen LogP contribution is 2.25. The Kier molecular flexibility index (Phi) is 4.73. The second-order valence-corrected chi connectivity index (χ2v) is 4.36. The van der Waals surface area contributed by atoms with E-state index in [2.05, 4.69) is 47.9 Å². The van der Waals surface area contributed by atoms with Crippen LogP contribution in [0.5, 0.6) is 0 Å². The third-order valence-electron chi connectivity index (χ3n) is 3.20. The molecule has 0 fully saturated rings. The molecule has 1 N–H and O–H groups in total. The fourth-order valence-electron chi connectivity index (χ4n) is 2.03. The maximum absolute atomic E-state index is 4.60. The lowest BCUT2D eigenvalue weighted by molar-refractivity contribution is 0.619. The quantitative estimate of drug-likeness (QED) is 0.853. The van der Waals surface area contributed by atoms with Crippen molar-refractivity contribution in [1.82, 2.24) is 9.97 Å². The molecule has 96 valence electrons. The van der Waals surface area contributed by atoms with Crippen molar-refractivity contribution in [1.29, 1.82) is 0 Å². The fraction of sp³-hybridized carbons (Fsp3) is 0.692. The largest absolute Gasteiger partial charge is 0.373 e. The summed E-state index contributed by atoms with van der Waals surface area (Å²) < 4.78 is 0. The van der Waals surface area contributed by atoms with Crippen molar-refractivity contribution in [2.45, 2.75) is 47.1 Å². The summed E-state index contributed by atoms with van der Waals surface area (Å²) in [5, 5.41) is 3.13. The van der Waals surface area contributed by atoms with Gasteiger partial charge >= 0.3 is 0 Å². The van der Waals surface area contributed by atoms with E-state index < -0.39 is 0 Å². The van der Waals surface area contributed by atoms with Crippen molar-refractivity contribution in [2.75, 3.05) is 23.8 Å². The van der Waals surface area contributed by atoms with Gasteiger partial charge in [-0.1, -0.05) is 6.92 Å². The van der Waals surface area contributed by atoms with Crippen molar-refractivity contribution in [3.8, 4) is 0 Å². The number of hydrogen-bond donors (Lipinski definition) is 1. The Hall–Kier alpha value is -1.32. The van der Waals surface area contributed by atoms with Gasteiger partial charge in [0.05, 0.1) is 0 Å². The van der Waals surface area contributed by atoms with E-state index in [0.29, 0.717) is 6.04 Å². The molecule has 0 aliphatic carbocycles. The van der Waals surface area contributed by atoms with Crippen LogP contribution in [-0.2, 0) is 0 Å². The molecule has 0 aliphatic heterocycles. The van der Waals surface area contributed by atoms with Crippen molar-refractivity contribution < 1.29 is 0 Å².